The third-order valence-electron chi connectivity index (χ3n) is 1.72. The summed E-state index contributed by atoms with van der Waals surface area (Å²) in [5.41, 5.74) is -1.50. The van der Waals surface area contributed by atoms with Crippen LogP contribution in [-0.2, 0) is 14.4 Å². The molecule has 0 bridgehead atoms. The molecule has 0 radical (unpaired) electrons. The summed E-state index contributed by atoms with van der Waals surface area (Å²) in [4.78, 5) is 15.7. The van der Waals surface area contributed by atoms with Gasteiger partial charge in [0.25, 0.3) is 5.91 Å². The third-order valence-corrected chi connectivity index (χ3v) is 1.72. The molecular formula is C7H11NO4. The smallest absolute Gasteiger partial charge is 0.276 e. The molecule has 68 valence electrons. The zero-order valence-corrected chi connectivity index (χ0v) is 7.20. The Hall–Kier alpha value is -1.07. The van der Waals surface area contributed by atoms with Gasteiger partial charge in [0, 0.05) is 6.08 Å². The molecule has 1 heterocycles. The molecule has 5 heteroatoms. The first-order valence-corrected chi connectivity index (χ1v) is 3.41. The van der Waals surface area contributed by atoms with Gasteiger partial charge in [-0.3, -0.25) is 9.63 Å². The Kier molecular flexibility index (Phi) is 2.08. The number of hydrogen-bond acceptors (Lipinski definition) is 4. The first-order valence-electron chi connectivity index (χ1n) is 3.41. The highest BCUT2D eigenvalue weighted by Gasteiger charge is 2.44. The van der Waals surface area contributed by atoms with Gasteiger partial charge in [0.1, 0.15) is 0 Å². The van der Waals surface area contributed by atoms with Gasteiger partial charge in [-0.05, 0) is 6.92 Å². The Morgan fingerprint density at radius 1 is 1.58 bits per heavy atom. The van der Waals surface area contributed by atoms with E-state index in [2.05, 4.69) is 4.84 Å². The van der Waals surface area contributed by atoms with Crippen LogP contribution in [0.4, 0.5) is 0 Å². The average Bonchev–Trinajstić information content (AvgIpc) is 2.21. The molecule has 0 unspecified atom stereocenters. The molecule has 12 heavy (non-hydrogen) atoms. The minimum Gasteiger partial charge on any atom is -0.496 e. The minimum absolute atomic E-state index is 0.175. The number of hydrogen-bond donors (Lipinski definition) is 1. The summed E-state index contributed by atoms with van der Waals surface area (Å²) in [6.07, 6.45) is 1.18. The molecule has 0 spiro atoms. The molecule has 0 aromatic carbocycles. The Balaban J connectivity index is 2.95. The van der Waals surface area contributed by atoms with E-state index in [-0.39, 0.29) is 5.76 Å². The van der Waals surface area contributed by atoms with E-state index >= 15 is 0 Å². The lowest BCUT2D eigenvalue weighted by Gasteiger charge is -2.28. The summed E-state index contributed by atoms with van der Waals surface area (Å²) in [6.45, 7) is 1.41. The number of ether oxygens (including phenoxy) is 1. The largest absolute Gasteiger partial charge is 0.496 e. The molecule has 1 aliphatic rings. The first-order chi connectivity index (χ1) is 5.54. The van der Waals surface area contributed by atoms with E-state index in [4.69, 9.17) is 4.74 Å². The molecule has 1 rings (SSSR count). The standard InChI is InChI=1S/C7H11NO4/c1-7(10)5(11-2)4-6(9)8(7)12-3/h4,10H,1-3H3/t7-/m1/s1. The van der Waals surface area contributed by atoms with Crippen molar-refractivity contribution in [3.05, 3.63) is 11.8 Å². The molecule has 1 amide bonds. The maximum atomic E-state index is 11.1. The number of carbonyl (C=O) groups excluding carboxylic acids is 1. The molecule has 1 atom stereocenters. The van der Waals surface area contributed by atoms with Gasteiger partial charge in [-0.15, -0.1) is 0 Å². The van der Waals surface area contributed by atoms with Gasteiger partial charge in [-0.25, -0.2) is 0 Å². The van der Waals surface area contributed by atoms with E-state index in [0.29, 0.717) is 0 Å². The van der Waals surface area contributed by atoms with Crippen molar-refractivity contribution in [2.75, 3.05) is 14.2 Å². The summed E-state index contributed by atoms with van der Waals surface area (Å²) >= 11 is 0. The van der Waals surface area contributed by atoms with Crippen LogP contribution < -0.4 is 0 Å². The fraction of sp³-hybridized carbons (Fsp3) is 0.571. The molecule has 0 saturated carbocycles. The summed E-state index contributed by atoms with van der Waals surface area (Å²) in [5, 5.41) is 10.5. The van der Waals surface area contributed by atoms with Crippen LogP contribution in [0.25, 0.3) is 0 Å². The molecule has 0 fully saturated rings. The fourth-order valence-electron chi connectivity index (χ4n) is 1.14. The number of rotatable bonds is 2. The van der Waals surface area contributed by atoms with Crippen LogP contribution in [0.1, 0.15) is 6.92 Å². The molecule has 1 N–H and O–H groups in total. The molecular weight excluding hydrogens is 162 g/mol. The highest BCUT2D eigenvalue weighted by Crippen LogP contribution is 2.28. The predicted octanol–water partition coefficient (Wildman–Crippen LogP) is -0.371. The second kappa shape index (κ2) is 2.76. The average molecular weight is 173 g/mol. The van der Waals surface area contributed by atoms with Crippen molar-refractivity contribution in [3.8, 4) is 0 Å². The Morgan fingerprint density at radius 2 is 2.17 bits per heavy atom. The molecule has 0 aliphatic carbocycles. The van der Waals surface area contributed by atoms with Crippen molar-refractivity contribution in [2.45, 2.75) is 12.6 Å². The molecule has 0 aromatic rings. The van der Waals surface area contributed by atoms with Crippen LogP contribution >= 0.6 is 0 Å². The van der Waals surface area contributed by atoms with E-state index < -0.39 is 11.6 Å². The SMILES string of the molecule is COC1=CC(=O)N(OC)[C@]1(C)O. The van der Waals surface area contributed by atoms with Gasteiger partial charge < -0.3 is 9.84 Å². The number of methoxy groups -OCH3 is 1. The molecule has 0 saturated heterocycles. The number of carbonyl (C=O) groups is 1. The van der Waals surface area contributed by atoms with Crippen LogP contribution in [-0.4, -0.2) is 36.0 Å². The topological polar surface area (TPSA) is 59.0 Å². The zero-order valence-electron chi connectivity index (χ0n) is 7.20. The third kappa shape index (κ3) is 1.07. The Morgan fingerprint density at radius 3 is 2.42 bits per heavy atom. The first kappa shape index (κ1) is 9.02. The van der Waals surface area contributed by atoms with Crippen LogP contribution in [0, 0.1) is 0 Å². The van der Waals surface area contributed by atoms with E-state index in [1.807, 2.05) is 0 Å². The van der Waals surface area contributed by atoms with Gasteiger partial charge in [0.05, 0.1) is 14.2 Å². The number of hydroxylamine groups is 2. The molecule has 0 aromatic heterocycles. The lowest BCUT2D eigenvalue weighted by Crippen LogP contribution is -2.45. The van der Waals surface area contributed by atoms with E-state index in [9.17, 15) is 9.90 Å². The van der Waals surface area contributed by atoms with E-state index in [1.165, 1.54) is 27.2 Å². The van der Waals surface area contributed by atoms with Crippen LogP contribution in [0.5, 0.6) is 0 Å². The fourth-order valence-corrected chi connectivity index (χ4v) is 1.14. The van der Waals surface area contributed by atoms with Crippen molar-refractivity contribution in [1.82, 2.24) is 5.06 Å². The summed E-state index contributed by atoms with van der Waals surface area (Å²) < 4.78 is 4.80. The van der Waals surface area contributed by atoms with Crippen molar-refractivity contribution < 1.29 is 19.5 Å². The van der Waals surface area contributed by atoms with Crippen molar-refractivity contribution in [3.63, 3.8) is 0 Å². The van der Waals surface area contributed by atoms with Crippen molar-refractivity contribution in [1.29, 1.82) is 0 Å². The lowest BCUT2D eigenvalue weighted by atomic mass is 10.2. The minimum atomic E-state index is -1.50. The monoisotopic (exact) mass is 173 g/mol. The maximum absolute atomic E-state index is 11.1. The van der Waals surface area contributed by atoms with E-state index in [0.717, 1.165) is 5.06 Å². The highest BCUT2D eigenvalue weighted by molar-refractivity contribution is 5.91. The van der Waals surface area contributed by atoms with Gasteiger partial charge in [0.15, 0.2) is 5.76 Å². The Bertz CT molecular complexity index is 234. The molecule has 5 nitrogen and oxygen atoms in total. The van der Waals surface area contributed by atoms with Crippen LogP contribution in [0.15, 0.2) is 11.8 Å². The molecule has 1 aliphatic heterocycles. The van der Waals surface area contributed by atoms with Gasteiger partial charge in [-0.2, -0.15) is 5.06 Å². The van der Waals surface area contributed by atoms with Crippen LogP contribution in [0.3, 0.4) is 0 Å². The normalized spacial score (nSPS) is 29.2. The quantitative estimate of drug-likeness (QED) is 0.619. The Labute approximate surface area is 70.1 Å². The van der Waals surface area contributed by atoms with Crippen molar-refractivity contribution in [2.24, 2.45) is 0 Å². The second-order valence-corrected chi connectivity index (χ2v) is 2.55. The zero-order chi connectivity index (χ0) is 9.35. The van der Waals surface area contributed by atoms with Gasteiger partial charge in [0.2, 0.25) is 5.72 Å². The summed E-state index contributed by atoms with van der Waals surface area (Å²) in [6, 6.07) is 0. The second-order valence-electron chi connectivity index (χ2n) is 2.55. The maximum Gasteiger partial charge on any atom is 0.276 e. The number of amides is 1. The van der Waals surface area contributed by atoms with Gasteiger partial charge >= 0.3 is 0 Å². The van der Waals surface area contributed by atoms with E-state index in [1.54, 1.807) is 0 Å². The van der Waals surface area contributed by atoms with Gasteiger partial charge in [-0.1, -0.05) is 0 Å². The highest BCUT2D eigenvalue weighted by atomic mass is 16.7. The lowest BCUT2D eigenvalue weighted by molar-refractivity contribution is -0.243. The number of nitrogens with zero attached hydrogens (tertiary/aromatic N) is 1. The predicted molar refractivity (Wildman–Crippen MR) is 39.6 cm³/mol. The summed E-state index contributed by atoms with van der Waals surface area (Å²) in [7, 11) is 2.69. The van der Waals surface area contributed by atoms with Crippen LogP contribution in [0.2, 0.25) is 0 Å². The van der Waals surface area contributed by atoms with Crippen molar-refractivity contribution >= 4 is 5.91 Å². The summed E-state index contributed by atoms with van der Waals surface area (Å²) in [5.74, 6) is -0.256. The number of aliphatic hydroxyl groups is 1.